The molecule has 4 rings (SSSR count). The SMILES string of the molecule is CC(C)[C@H]1CC[C@@H]2[C@H]3CC[C@]4(O)C[C@@H](O)CC[C@]4(C(=O)O)[C@H]3CC[C@]12C. The summed E-state index contributed by atoms with van der Waals surface area (Å²) >= 11 is 0. The fraction of sp³-hybridized carbons (Fsp3) is 0.955. The second kappa shape index (κ2) is 5.94. The van der Waals surface area contributed by atoms with E-state index in [1.807, 2.05) is 0 Å². The highest BCUT2D eigenvalue weighted by Crippen LogP contribution is 2.69. The third kappa shape index (κ3) is 2.24. The van der Waals surface area contributed by atoms with Crippen LogP contribution in [0.2, 0.25) is 0 Å². The van der Waals surface area contributed by atoms with Crippen molar-refractivity contribution in [3.8, 4) is 0 Å². The zero-order valence-electron chi connectivity index (χ0n) is 16.6. The number of aliphatic hydroxyl groups is 2. The van der Waals surface area contributed by atoms with Crippen LogP contribution in [0, 0.1) is 40.4 Å². The molecule has 0 aromatic carbocycles. The van der Waals surface area contributed by atoms with Crippen molar-refractivity contribution < 1.29 is 20.1 Å². The van der Waals surface area contributed by atoms with Crippen LogP contribution in [0.5, 0.6) is 0 Å². The zero-order chi connectivity index (χ0) is 18.9. The summed E-state index contributed by atoms with van der Waals surface area (Å²) in [7, 11) is 0. The van der Waals surface area contributed by atoms with E-state index < -0.39 is 23.1 Å². The smallest absolute Gasteiger partial charge is 0.312 e. The van der Waals surface area contributed by atoms with Gasteiger partial charge in [-0.2, -0.15) is 0 Å². The Balaban J connectivity index is 1.71. The largest absolute Gasteiger partial charge is 0.481 e. The van der Waals surface area contributed by atoms with Crippen molar-refractivity contribution in [2.24, 2.45) is 40.4 Å². The monoisotopic (exact) mass is 364 g/mol. The number of carboxylic acids is 1. The first-order valence-electron chi connectivity index (χ1n) is 10.8. The molecule has 0 aliphatic heterocycles. The maximum atomic E-state index is 12.6. The fourth-order valence-electron chi connectivity index (χ4n) is 8.46. The van der Waals surface area contributed by atoms with Crippen molar-refractivity contribution in [2.45, 2.75) is 90.3 Å². The standard InChI is InChI=1S/C22H36O4/c1-13(2)16-4-5-17-15-7-10-21(26)12-14(23)6-11-22(21,19(24)25)18(15)8-9-20(16,17)3/h13-18,23,26H,4-12H2,1-3H3,(H,24,25)/t14-,15+,16+,17+,18-,20+,21-,22+/m0/s1. The molecule has 0 amide bonds. The quantitative estimate of drug-likeness (QED) is 0.696. The van der Waals surface area contributed by atoms with E-state index >= 15 is 0 Å². The molecular weight excluding hydrogens is 328 g/mol. The van der Waals surface area contributed by atoms with Crippen molar-refractivity contribution >= 4 is 5.97 Å². The molecule has 0 heterocycles. The summed E-state index contributed by atoms with van der Waals surface area (Å²) in [4.78, 5) is 12.6. The van der Waals surface area contributed by atoms with Gasteiger partial charge in [0.05, 0.1) is 17.1 Å². The van der Waals surface area contributed by atoms with Crippen molar-refractivity contribution in [3.63, 3.8) is 0 Å². The molecule has 4 nitrogen and oxygen atoms in total. The molecular formula is C22H36O4. The van der Waals surface area contributed by atoms with Crippen molar-refractivity contribution in [1.82, 2.24) is 0 Å². The highest BCUT2D eigenvalue weighted by molar-refractivity contribution is 5.77. The van der Waals surface area contributed by atoms with Gasteiger partial charge in [0, 0.05) is 6.42 Å². The van der Waals surface area contributed by atoms with E-state index in [9.17, 15) is 20.1 Å². The summed E-state index contributed by atoms with van der Waals surface area (Å²) in [6.45, 7) is 7.14. The number of carboxylic acid groups (broad SMARTS) is 1. The third-order valence-electron chi connectivity index (χ3n) is 9.50. The van der Waals surface area contributed by atoms with Crippen LogP contribution < -0.4 is 0 Å². The molecule has 4 aliphatic carbocycles. The number of rotatable bonds is 2. The zero-order valence-corrected chi connectivity index (χ0v) is 16.6. The molecule has 3 N–H and O–H groups in total. The minimum absolute atomic E-state index is 0.0650. The molecule has 26 heavy (non-hydrogen) atoms. The lowest BCUT2D eigenvalue weighted by Gasteiger charge is -2.63. The van der Waals surface area contributed by atoms with Gasteiger partial charge in [-0.25, -0.2) is 0 Å². The number of aliphatic carboxylic acids is 1. The van der Waals surface area contributed by atoms with Crippen molar-refractivity contribution in [2.75, 3.05) is 0 Å². The van der Waals surface area contributed by atoms with Gasteiger partial charge in [-0.15, -0.1) is 0 Å². The number of aliphatic hydroxyl groups excluding tert-OH is 1. The molecule has 0 aromatic heterocycles. The summed E-state index contributed by atoms with van der Waals surface area (Å²) in [5.74, 6) is 1.69. The van der Waals surface area contributed by atoms with Gasteiger partial charge in [0.25, 0.3) is 0 Å². The van der Waals surface area contributed by atoms with Crippen LogP contribution in [0.25, 0.3) is 0 Å². The Morgan fingerprint density at radius 2 is 1.73 bits per heavy atom. The molecule has 148 valence electrons. The number of hydrogen-bond donors (Lipinski definition) is 3. The molecule has 4 heteroatoms. The van der Waals surface area contributed by atoms with Gasteiger partial charge in [-0.3, -0.25) is 4.79 Å². The first-order chi connectivity index (χ1) is 12.2. The Kier molecular flexibility index (Phi) is 4.28. The third-order valence-corrected chi connectivity index (χ3v) is 9.50. The molecule has 0 aromatic rings. The van der Waals surface area contributed by atoms with E-state index in [0.717, 1.165) is 25.2 Å². The molecule has 0 spiro atoms. The first kappa shape index (κ1) is 18.7. The minimum atomic E-state index is -1.23. The Bertz CT molecular complexity index is 589. The minimum Gasteiger partial charge on any atom is -0.481 e. The number of hydrogen-bond acceptors (Lipinski definition) is 3. The Morgan fingerprint density at radius 1 is 1.00 bits per heavy atom. The lowest BCUT2D eigenvalue weighted by molar-refractivity contribution is -0.235. The molecule has 4 saturated carbocycles. The lowest BCUT2D eigenvalue weighted by Crippen LogP contribution is -2.67. The van der Waals surface area contributed by atoms with Gasteiger partial charge in [-0.1, -0.05) is 20.8 Å². The predicted molar refractivity (Wildman–Crippen MR) is 99.5 cm³/mol. The topological polar surface area (TPSA) is 77.8 Å². The fourth-order valence-corrected chi connectivity index (χ4v) is 8.46. The van der Waals surface area contributed by atoms with Gasteiger partial charge in [0.15, 0.2) is 0 Å². The van der Waals surface area contributed by atoms with Gasteiger partial charge in [0.1, 0.15) is 0 Å². The molecule has 4 fully saturated rings. The summed E-state index contributed by atoms with van der Waals surface area (Å²) in [5.41, 5.74) is -1.95. The Labute approximate surface area is 157 Å². The van der Waals surface area contributed by atoms with Crippen LogP contribution in [0.15, 0.2) is 0 Å². The van der Waals surface area contributed by atoms with Crippen molar-refractivity contribution in [1.29, 1.82) is 0 Å². The highest BCUT2D eigenvalue weighted by atomic mass is 16.4. The van der Waals surface area contributed by atoms with Gasteiger partial charge >= 0.3 is 5.97 Å². The molecule has 0 bridgehead atoms. The summed E-state index contributed by atoms with van der Waals surface area (Å²) < 4.78 is 0. The van der Waals surface area contributed by atoms with Gasteiger partial charge < -0.3 is 15.3 Å². The maximum Gasteiger partial charge on any atom is 0.312 e. The van der Waals surface area contributed by atoms with Crippen LogP contribution >= 0.6 is 0 Å². The molecule has 0 unspecified atom stereocenters. The highest BCUT2D eigenvalue weighted by Gasteiger charge is 2.69. The second-order valence-electron chi connectivity index (χ2n) is 10.6. The average Bonchev–Trinajstić information content (AvgIpc) is 2.91. The number of carbonyl (C=O) groups is 1. The van der Waals surface area contributed by atoms with Gasteiger partial charge in [-0.05, 0) is 86.4 Å². The Morgan fingerprint density at radius 3 is 2.38 bits per heavy atom. The van der Waals surface area contributed by atoms with E-state index in [1.54, 1.807) is 0 Å². The molecule has 0 radical (unpaired) electrons. The summed E-state index contributed by atoms with van der Waals surface area (Å²) in [6, 6.07) is 0. The van der Waals surface area contributed by atoms with E-state index in [-0.39, 0.29) is 12.3 Å². The van der Waals surface area contributed by atoms with Crippen molar-refractivity contribution in [3.05, 3.63) is 0 Å². The van der Waals surface area contributed by atoms with E-state index in [4.69, 9.17) is 0 Å². The van der Waals surface area contributed by atoms with E-state index in [2.05, 4.69) is 20.8 Å². The maximum absolute atomic E-state index is 12.6. The lowest BCUT2D eigenvalue weighted by atomic mass is 9.42. The first-order valence-corrected chi connectivity index (χ1v) is 10.8. The Hall–Kier alpha value is -0.610. The van der Waals surface area contributed by atoms with Crippen LogP contribution in [0.3, 0.4) is 0 Å². The van der Waals surface area contributed by atoms with E-state index in [1.165, 1.54) is 12.8 Å². The molecule has 8 atom stereocenters. The number of fused-ring (bicyclic) bond motifs is 5. The molecule has 4 aliphatic rings. The predicted octanol–water partition coefficient (Wildman–Crippen LogP) is 3.84. The van der Waals surface area contributed by atoms with Gasteiger partial charge in [0.2, 0.25) is 0 Å². The van der Waals surface area contributed by atoms with Crippen LogP contribution in [0.1, 0.15) is 78.6 Å². The average molecular weight is 365 g/mol. The van der Waals surface area contributed by atoms with Crippen LogP contribution in [0.4, 0.5) is 0 Å². The van der Waals surface area contributed by atoms with E-state index in [0.29, 0.717) is 42.4 Å². The summed E-state index contributed by atoms with van der Waals surface area (Å²) in [5, 5.41) is 31.9. The summed E-state index contributed by atoms with van der Waals surface area (Å²) in [6.07, 6.45) is 6.58. The van der Waals surface area contributed by atoms with Crippen LogP contribution in [-0.4, -0.2) is 33.0 Å². The second-order valence-corrected chi connectivity index (χ2v) is 10.6. The molecule has 0 saturated heterocycles. The van der Waals surface area contributed by atoms with Crippen LogP contribution in [-0.2, 0) is 4.79 Å². The normalized spacial score (nSPS) is 53.7.